The molecule has 2 aromatic heterocycles. The van der Waals surface area contributed by atoms with E-state index in [1.165, 1.54) is 11.1 Å². The smallest absolute Gasteiger partial charge is 0.215 e. The van der Waals surface area contributed by atoms with Gasteiger partial charge in [-0.1, -0.05) is 6.92 Å². The minimum absolute atomic E-state index is 0.0290. The highest BCUT2D eigenvalue weighted by atomic mass is 32.1. The van der Waals surface area contributed by atoms with Crippen LogP contribution in [0.4, 0.5) is 0 Å². The maximum absolute atomic E-state index is 5.48. The van der Waals surface area contributed by atoms with Gasteiger partial charge in [-0.25, -0.2) is 0 Å². The van der Waals surface area contributed by atoms with Crippen molar-refractivity contribution < 1.29 is 4.74 Å². The van der Waals surface area contributed by atoms with Crippen LogP contribution in [0.25, 0.3) is 22.1 Å². The molecule has 6 heteroatoms. The number of hydrogen-bond acceptors (Lipinski definition) is 4. The first-order valence-corrected chi connectivity index (χ1v) is 7.82. The zero-order valence-electron chi connectivity index (χ0n) is 13.1. The molecule has 0 aliphatic carbocycles. The van der Waals surface area contributed by atoms with Crippen LogP contribution in [0.15, 0.2) is 12.1 Å². The van der Waals surface area contributed by atoms with Crippen LogP contribution in [0.5, 0.6) is 5.75 Å². The van der Waals surface area contributed by atoms with Gasteiger partial charge >= 0.3 is 0 Å². The van der Waals surface area contributed by atoms with E-state index in [1.54, 1.807) is 7.11 Å². The van der Waals surface area contributed by atoms with Gasteiger partial charge in [0.1, 0.15) is 11.3 Å². The summed E-state index contributed by atoms with van der Waals surface area (Å²) in [6.45, 7) is 6.76. The van der Waals surface area contributed by atoms with Crippen molar-refractivity contribution >= 4 is 34.3 Å². The summed E-state index contributed by atoms with van der Waals surface area (Å²) in [7, 11) is 1.70. The summed E-state index contributed by atoms with van der Waals surface area (Å²) < 4.78 is 8.19. The fraction of sp³-hybridized carbons (Fsp3) is 0.438. The summed E-state index contributed by atoms with van der Waals surface area (Å²) in [6.07, 6.45) is 1.04. The van der Waals surface area contributed by atoms with Crippen LogP contribution >= 0.6 is 12.2 Å². The molecule has 0 radical (unpaired) electrons. The highest BCUT2D eigenvalue weighted by Gasteiger charge is 2.35. The number of nitrogens with zero attached hydrogens (tertiary/aromatic N) is 3. The lowest BCUT2D eigenvalue weighted by molar-refractivity contribution is 0.308. The van der Waals surface area contributed by atoms with Gasteiger partial charge in [-0.15, -0.1) is 0 Å². The summed E-state index contributed by atoms with van der Waals surface area (Å²) in [5.41, 5.74) is 4.17. The van der Waals surface area contributed by atoms with Crippen molar-refractivity contribution in [3.8, 4) is 5.75 Å². The van der Waals surface area contributed by atoms with E-state index in [0.717, 1.165) is 28.7 Å². The van der Waals surface area contributed by atoms with E-state index in [1.807, 2.05) is 6.07 Å². The first-order chi connectivity index (χ1) is 10.4. The Hall–Kier alpha value is -1.95. The number of aromatic nitrogens is 4. The van der Waals surface area contributed by atoms with Crippen molar-refractivity contribution in [2.75, 3.05) is 7.11 Å². The number of aromatic amines is 1. The number of methoxy groups -OCH3 is 1. The molecule has 1 N–H and O–H groups in total. The second-order valence-corrected chi connectivity index (χ2v) is 7.07. The summed E-state index contributed by atoms with van der Waals surface area (Å²) in [5.74, 6) is 1.31. The van der Waals surface area contributed by atoms with Crippen LogP contribution < -0.4 is 4.74 Å². The Kier molecular flexibility index (Phi) is 2.67. The van der Waals surface area contributed by atoms with Gasteiger partial charge in [0.15, 0.2) is 5.65 Å². The van der Waals surface area contributed by atoms with Gasteiger partial charge < -0.3 is 9.30 Å². The highest BCUT2D eigenvalue weighted by molar-refractivity contribution is 7.71. The van der Waals surface area contributed by atoms with Gasteiger partial charge in [-0.3, -0.25) is 5.10 Å². The van der Waals surface area contributed by atoms with E-state index in [9.17, 15) is 0 Å². The van der Waals surface area contributed by atoms with Crippen LogP contribution in [0.3, 0.4) is 0 Å². The van der Waals surface area contributed by atoms with Gasteiger partial charge in [-0.05, 0) is 56.1 Å². The van der Waals surface area contributed by atoms with Crippen molar-refractivity contribution in [2.45, 2.75) is 38.6 Å². The van der Waals surface area contributed by atoms with Crippen molar-refractivity contribution in [2.24, 2.45) is 0 Å². The monoisotopic (exact) mass is 314 g/mol. The molecular weight excluding hydrogens is 296 g/mol. The molecule has 0 saturated carbocycles. The fourth-order valence-corrected chi connectivity index (χ4v) is 4.00. The van der Waals surface area contributed by atoms with Crippen molar-refractivity contribution in [1.82, 2.24) is 19.7 Å². The zero-order valence-corrected chi connectivity index (χ0v) is 13.9. The lowest BCUT2D eigenvalue weighted by Gasteiger charge is -2.36. The number of fused-ring (bicyclic) bond motifs is 3. The van der Waals surface area contributed by atoms with E-state index in [4.69, 9.17) is 17.0 Å². The Morgan fingerprint density at radius 1 is 1.41 bits per heavy atom. The van der Waals surface area contributed by atoms with Gasteiger partial charge in [0.25, 0.3) is 0 Å². The molecule has 5 nitrogen and oxygen atoms in total. The normalized spacial score (nSPS) is 19.7. The van der Waals surface area contributed by atoms with E-state index in [2.05, 4.69) is 46.6 Å². The summed E-state index contributed by atoms with van der Waals surface area (Å²) in [4.78, 5) is 4.55. The van der Waals surface area contributed by atoms with Crippen LogP contribution in [0.2, 0.25) is 0 Å². The molecule has 0 amide bonds. The fourth-order valence-electron chi connectivity index (χ4n) is 3.86. The molecule has 3 aromatic rings. The third-order valence-corrected chi connectivity index (χ3v) is 4.85. The molecule has 0 bridgehead atoms. The zero-order chi connectivity index (χ0) is 15.6. The maximum Gasteiger partial charge on any atom is 0.215 e. The SMILES string of the molecule is COc1cc2c3c(c1)c1n[nH]c(=S)nc1n3C(C)(C)C[C@H]2C. The largest absolute Gasteiger partial charge is 0.497 e. The minimum atomic E-state index is -0.0290. The molecule has 0 fully saturated rings. The summed E-state index contributed by atoms with van der Waals surface area (Å²) in [5, 5.41) is 8.34. The molecule has 4 rings (SSSR count). The Morgan fingerprint density at radius 2 is 2.18 bits per heavy atom. The standard InChI is InChI=1S/C16H18N4OS/c1-8-7-16(2,3)20-13-10(8)5-9(21-4)6-11(13)12-14(20)17-15(22)19-18-12/h5-6,8H,7H2,1-4H3,(H,17,19,22)/t8-/m1/s1. The first-order valence-electron chi connectivity index (χ1n) is 7.41. The predicted octanol–water partition coefficient (Wildman–Crippen LogP) is 3.89. The van der Waals surface area contributed by atoms with E-state index >= 15 is 0 Å². The quantitative estimate of drug-likeness (QED) is 0.692. The van der Waals surface area contributed by atoms with Crippen LogP contribution in [0, 0.1) is 4.77 Å². The van der Waals surface area contributed by atoms with Crippen LogP contribution in [-0.4, -0.2) is 26.9 Å². The number of hydrogen-bond donors (Lipinski definition) is 1. The Labute approximate surface area is 133 Å². The van der Waals surface area contributed by atoms with Crippen LogP contribution in [0.1, 0.15) is 38.7 Å². The van der Waals surface area contributed by atoms with Crippen molar-refractivity contribution in [3.63, 3.8) is 0 Å². The van der Waals surface area contributed by atoms with Crippen molar-refractivity contribution in [3.05, 3.63) is 22.5 Å². The maximum atomic E-state index is 5.48. The molecule has 1 aromatic carbocycles. The number of nitrogens with one attached hydrogen (secondary N) is 1. The average molecular weight is 314 g/mol. The molecular formula is C16H18N4OS. The topological polar surface area (TPSA) is 55.7 Å². The number of H-pyrrole nitrogens is 1. The number of benzene rings is 1. The number of ether oxygens (including phenoxy) is 1. The molecule has 1 aliphatic heterocycles. The second kappa shape index (κ2) is 4.29. The van der Waals surface area contributed by atoms with E-state index in [0.29, 0.717) is 10.7 Å². The van der Waals surface area contributed by atoms with Gasteiger partial charge in [0.05, 0.1) is 12.6 Å². The lowest BCUT2D eigenvalue weighted by Crippen LogP contribution is -2.32. The predicted molar refractivity (Wildman–Crippen MR) is 89.1 cm³/mol. The minimum Gasteiger partial charge on any atom is -0.497 e. The summed E-state index contributed by atoms with van der Waals surface area (Å²) >= 11 is 5.18. The summed E-state index contributed by atoms with van der Waals surface area (Å²) in [6, 6.07) is 4.17. The lowest BCUT2D eigenvalue weighted by atomic mass is 9.82. The average Bonchev–Trinajstić information content (AvgIpc) is 2.78. The Balaban J connectivity index is 2.31. The third kappa shape index (κ3) is 1.67. The van der Waals surface area contributed by atoms with E-state index < -0.39 is 0 Å². The molecule has 0 spiro atoms. The van der Waals surface area contributed by atoms with Gasteiger partial charge in [0, 0.05) is 10.9 Å². The molecule has 1 aliphatic rings. The molecule has 114 valence electrons. The highest BCUT2D eigenvalue weighted by Crippen LogP contribution is 2.46. The Bertz CT molecular complexity index is 970. The van der Waals surface area contributed by atoms with Gasteiger partial charge in [-0.2, -0.15) is 10.1 Å². The van der Waals surface area contributed by atoms with Crippen LogP contribution in [-0.2, 0) is 5.54 Å². The second-order valence-electron chi connectivity index (χ2n) is 6.68. The molecule has 3 heterocycles. The molecule has 0 saturated heterocycles. The number of rotatable bonds is 1. The van der Waals surface area contributed by atoms with E-state index in [-0.39, 0.29) is 5.54 Å². The first kappa shape index (κ1) is 13.7. The van der Waals surface area contributed by atoms with Gasteiger partial charge in [0.2, 0.25) is 4.77 Å². The Morgan fingerprint density at radius 3 is 2.91 bits per heavy atom. The molecule has 0 unspecified atom stereocenters. The van der Waals surface area contributed by atoms with Crippen molar-refractivity contribution in [1.29, 1.82) is 0 Å². The molecule has 1 atom stereocenters. The third-order valence-electron chi connectivity index (χ3n) is 4.66. The molecule has 22 heavy (non-hydrogen) atoms.